The van der Waals surface area contributed by atoms with Gasteiger partial charge in [0.15, 0.2) is 0 Å². The lowest BCUT2D eigenvalue weighted by molar-refractivity contribution is -0.184. The smallest absolute Gasteiger partial charge is 0.326 e. The summed E-state index contributed by atoms with van der Waals surface area (Å²) in [6.07, 6.45) is 3.60. The second-order valence-electron chi connectivity index (χ2n) is 6.95. The number of nitrogens with one attached hydrogen (secondary N) is 1. The predicted molar refractivity (Wildman–Crippen MR) is 72.3 cm³/mol. The molecule has 4 aliphatic rings. The van der Waals surface area contributed by atoms with Gasteiger partial charge in [-0.05, 0) is 43.9 Å². The molecule has 0 aliphatic heterocycles. The number of aliphatic hydroxyl groups is 1. The number of carbonyl (C=O) groups is 2. The molecule has 4 aliphatic carbocycles. The van der Waals surface area contributed by atoms with Crippen LogP contribution in [0.3, 0.4) is 0 Å². The Hall–Kier alpha value is -0.810. The lowest BCUT2D eigenvalue weighted by atomic mass is 9.48. The molecule has 1 amide bonds. The second kappa shape index (κ2) is 4.34. The van der Waals surface area contributed by atoms with Crippen LogP contribution in [0.25, 0.3) is 0 Å². The normalized spacial score (nSPS) is 47.0. The number of aliphatic carboxylic acids is 1. The number of carboxylic acid groups (broad SMARTS) is 1. The highest BCUT2D eigenvalue weighted by Crippen LogP contribution is 2.63. The fraction of sp³-hybridized carbons (Fsp3) is 0.857. The highest BCUT2D eigenvalue weighted by Gasteiger charge is 2.64. The van der Waals surface area contributed by atoms with Gasteiger partial charge in [-0.3, -0.25) is 4.79 Å². The van der Waals surface area contributed by atoms with Gasteiger partial charge in [0.25, 0.3) is 0 Å². The lowest BCUT2D eigenvalue weighted by Crippen LogP contribution is -2.68. The molecule has 4 saturated carbocycles. The van der Waals surface area contributed by atoms with E-state index in [0.717, 1.165) is 19.3 Å². The molecule has 4 rings (SSSR count). The monoisotopic (exact) mass is 301 g/mol. The number of hydrogen-bond donors (Lipinski definition) is 3. The first-order chi connectivity index (χ1) is 9.22. The van der Waals surface area contributed by atoms with Gasteiger partial charge in [0.1, 0.15) is 6.04 Å². The highest BCUT2D eigenvalue weighted by molar-refractivity contribution is 6.24. The largest absolute Gasteiger partial charge is 0.480 e. The van der Waals surface area contributed by atoms with Gasteiger partial charge in [0.05, 0.1) is 5.60 Å². The molecule has 0 aromatic carbocycles. The van der Waals surface area contributed by atoms with Crippen molar-refractivity contribution in [3.05, 3.63) is 0 Å². The van der Waals surface area contributed by atoms with Crippen molar-refractivity contribution in [3.63, 3.8) is 0 Å². The van der Waals surface area contributed by atoms with Crippen molar-refractivity contribution in [1.82, 2.24) is 5.32 Å². The van der Waals surface area contributed by atoms with E-state index >= 15 is 0 Å². The van der Waals surface area contributed by atoms with E-state index in [1.165, 1.54) is 6.92 Å². The minimum Gasteiger partial charge on any atom is -0.480 e. The Morgan fingerprint density at radius 2 is 2.05 bits per heavy atom. The van der Waals surface area contributed by atoms with E-state index in [4.69, 9.17) is 11.6 Å². The van der Waals surface area contributed by atoms with Crippen LogP contribution in [0.15, 0.2) is 0 Å². The van der Waals surface area contributed by atoms with Gasteiger partial charge in [-0.1, -0.05) is 0 Å². The molecule has 0 radical (unpaired) electrons. The summed E-state index contributed by atoms with van der Waals surface area (Å²) in [5.74, 6) is -1.43. The molecule has 0 aromatic rings. The minimum absolute atomic E-state index is 0.0756. The summed E-state index contributed by atoms with van der Waals surface area (Å²) < 4.78 is 0. The van der Waals surface area contributed by atoms with E-state index in [0.29, 0.717) is 18.8 Å². The van der Waals surface area contributed by atoms with E-state index < -0.39 is 23.5 Å². The van der Waals surface area contributed by atoms with E-state index in [9.17, 15) is 19.8 Å². The number of rotatable bonds is 3. The lowest BCUT2D eigenvalue weighted by Gasteiger charge is -2.62. The summed E-state index contributed by atoms with van der Waals surface area (Å²) in [6, 6.07) is -1.03. The molecule has 0 saturated heterocycles. The number of amides is 1. The molecule has 4 bridgehead atoms. The van der Waals surface area contributed by atoms with E-state index in [-0.39, 0.29) is 16.7 Å². The second-order valence-corrected chi connectivity index (χ2v) is 7.75. The summed E-state index contributed by atoms with van der Waals surface area (Å²) in [4.78, 5) is 22.4. The fourth-order valence-corrected chi connectivity index (χ4v) is 5.81. The van der Waals surface area contributed by atoms with Gasteiger partial charge < -0.3 is 15.5 Å². The molecule has 0 aromatic heterocycles. The highest BCUT2D eigenvalue weighted by atomic mass is 35.5. The van der Waals surface area contributed by atoms with Crippen LogP contribution in [-0.2, 0) is 9.59 Å². The fourth-order valence-electron chi connectivity index (χ4n) is 5.16. The third-order valence-electron chi connectivity index (χ3n) is 5.30. The Morgan fingerprint density at radius 3 is 2.55 bits per heavy atom. The first kappa shape index (κ1) is 14.1. The maximum atomic E-state index is 11.5. The van der Waals surface area contributed by atoms with Crippen molar-refractivity contribution in [2.24, 2.45) is 17.8 Å². The molecule has 112 valence electrons. The summed E-state index contributed by atoms with van der Waals surface area (Å²) in [5, 5.41) is 22.9. The van der Waals surface area contributed by atoms with Crippen molar-refractivity contribution >= 4 is 23.5 Å². The summed E-state index contributed by atoms with van der Waals surface area (Å²) in [6.45, 7) is 1.30. The van der Waals surface area contributed by atoms with Gasteiger partial charge >= 0.3 is 5.97 Å². The summed E-state index contributed by atoms with van der Waals surface area (Å²) in [5.41, 5.74) is -1.06. The molecule has 5 nitrogen and oxygen atoms in total. The Morgan fingerprint density at radius 1 is 1.35 bits per heavy atom. The molecule has 0 heterocycles. The molecule has 0 unspecified atom stereocenters. The number of alkyl halides is 1. The summed E-state index contributed by atoms with van der Waals surface area (Å²) in [7, 11) is 0. The van der Waals surface area contributed by atoms with Gasteiger partial charge in [-0.15, -0.1) is 11.6 Å². The van der Waals surface area contributed by atoms with Crippen molar-refractivity contribution in [3.8, 4) is 0 Å². The first-order valence-corrected chi connectivity index (χ1v) is 7.51. The Balaban J connectivity index is 1.93. The maximum absolute atomic E-state index is 11.5. The van der Waals surface area contributed by atoms with Crippen LogP contribution < -0.4 is 5.32 Å². The van der Waals surface area contributed by atoms with Gasteiger partial charge in [-0.25, -0.2) is 4.79 Å². The number of carboxylic acids is 1. The zero-order chi connectivity index (χ0) is 14.7. The van der Waals surface area contributed by atoms with Crippen molar-refractivity contribution < 1.29 is 19.8 Å². The zero-order valence-corrected chi connectivity index (χ0v) is 12.2. The molecule has 6 atom stereocenters. The van der Waals surface area contributed by atoms with Crippen molar-refractivity contribution in [1.29, 1.82) is 0 Å². The number of halogens is 1. The number of hydrogen-bond acceptors (Lipinski definition) is 3. The SMILES string of the molecule is CC(=O)N[C@H](C(=O)O)[C@@H]1[C@@H]2C[C@H]3C[C@@](Cl)(C2)C[C@]1(O)C3. The minimum atomic E-state index is -1.07. The Labute approximate surface area is 122 Å². The number of carbonyl (C=O) groups excluding carboxylic acids is 1. The van der Waals surface area contributed by atoms with Gasteiger partial charge in [0, 0.05) is 17.7 Å². The Kier molecular flexibility index (Phi) is 3.07. The van der Waals surface area contributed by atoms with Crippen LogP contribution in [0.1, 0.15) is 39.0 Å². The average Bonchev–Trinajstić information content (AvgIpc) is 2.22. The van der Waals surface area contributed by atoms with Crippen LogP contribution in [0.4, 0.5) is 0 Å². The standard InChI is InChI=1S/C14H20ClNO4/c1-7(17)16-11(12(18)19)10-9-2-8-3-13(15,5-9)6-14(10,20)4-8/h8-11,20H,2-6H2,1H3,(H,16,17)(H,18,19)/t8-,9+,10-,11-,13+,14+/m0/s1. The molecule has 3 N–H and O–H groups in total. The van der Waals surface area contributed by atoms with Crippen LogP contribution in [0.5, 0.6) is 0 Å². The molecular formula is C14H20ClNO4. The van der Waals surface area contributed by atoms with Crippen LogP contribution >= 0.6 is 11.6 Å². The average molecular weight is 302 g/mol. The predicted octanol–water partition coefficient (Wildman–Crippen LogP) is 1.12. The van der Waals surface area contributed by atoms with Gasteiger partial charge in [-0.2, -0.15) is 0 Å². The zero-order valence-electron chi connectivity index (χ0n) is 11.4. The Bertz CT molecular complexity index is 470. The first-order valence-electron chi connectivity index (χ1n) is 7.14. The maximum Gasteiger partial charge on any atom is 0.326 e. The molecule has 0 spiro atoms. The van der Waals surface area contributed by atoms with E-state index in [2.05, 4.69) is 5.32 Å². The topological polar surface area (TPSA) is 86.6 Å². The van der Waals surface area contributed by atoms with E-state index in [1.807, 2.05) is 0 Å². The third-order valence-corrected chi connectivity index (χ3v) is 5.74. The third kappa shape index (κ3) is 2.11. The quantitative estimate of drug-likeness (QED) is 0.682. The van der Waals surface area contributed by atoms with Crippen LogP contribution in [0.2, 0.25) is 0 Å². The molecule has 20 heavy (non-hydrogen) atoms. The van der Waals surface area contributed by atoms with Crippen molar-refractivity contribution in [2.45, 2.75) is 55.5 Å². The van der Waals surface area contributed by atoms with Crippen LogP contribution in [-0.4, -0.2) is 38.6 Å². The summed E-state index contributed by atoms with van der Waals surface area (Å²) >= 11 is 6.58. The molecule has 4 fully saturated rings. The molecular weight excluding hydrogens is 282 g/mol. The molecule has 6 heteroatoms. The van der Waals surface area contributed by atoms with E-state index in [1.54, 1.807) is 0 Å². The van der Waals surface area contributed by atoms with Crippen molar-refractivity contribution in [2.75, 3.05) is 0 Å². The van der Waals surface area contributed by atoms with Crippen LogP contribution in [0, 0.1) is 17.8 Å². The van der Waals surface area contributed by atoms with Gasteiger partial charge in [0.2, 0.25) is 5.91 Å².